The molecule has 2 aliphatic carbocycles. The summed E-state index contributed by atoms with van der Waals surface area (Å²) >= 11 is 0. The number of allylic oxidation sites excluding steroid dienone is 4. The van der Waals surface area contributed by atoms with E-state index in [4.69, 9.17) is 0 Å². The Hall–Kier alpha value is -0.850. The van der Waals surface area contributed by atoms with Gasteiger partial charge in [-0.3, -0.25) is 4.79 Å². The highest BCUT2D eigenvalue weighted by atomic mass is 16.1. The Bertz CT molecular complexity index is 409. The minimum atomic E-state index is 0.134. The van der Waals surface area contributed by atoms with E-state index in [-0.39, 0.29) is 5.41 Å². The highest BCUT2D eigenvalue weighted by Crippen LogP contribution is 2.57. The Labute approximate surface area is 118 Å². The summed E-state index contributed by atoms with van der Waals surface area (Å²) < 4.78 is 0. The van der Waals surface area contributed by atoms with Crippen LogP contribution in [0.25, 0.3) is 0 Å². The van der Waals surface area contributed by atoms with Crippen molar-refractivity contribution in [2.75, 3.05) is 0 Å². The van der Waals surface area contributed by atoms with Crippen molar-refractivity contribution in [3.05, 3.63) is 22.3 Å². The van der Waals surface area contributed by atoms with Gasteiger partial charge in [0.25, 0.3) is 0 Å². The first-order valence-corrected chi connectivity index (χ1v) is 8.11. The number of carbonyl (C=O) groups is 1. The maximum Gasteiger partial charge on any atom is 0.134 e. The standard InChI is InChI=1S/C18H28O/c1-5-14-15(6-2)17(8-4)18(16(14)7-3)11-9-10-13(19)12-18/h5-12H2,1-4H3. The molecule has 1 spiro atoms. The first kappa shape index (κ1) is 14.6. The molecule has 0 amide bonds. The fraction of sp³-hybridized carbons (Fsp3) is 0.722. The van der Waals surface area contributed by atoms with Crippen LogP contribution in [0.1, 0.15) is 79.1 Å². The quantitative estimate of drug-likeness (QED) is 0.664. The molecule has 0 unspecified atom stereocenters. The lowest BCUT2D eigenvalue weighted by Gasteiger charge is -2.38. The van der Waals surface area contributed by atoms with Crippen molar-refractivity contribution in [3.8, 4) is 0 Å². The second-order valence-electron chi connectivity index (χ2n) is 5.98. The van der Waals surface area contributed by atoms with Gasteiger partial charge in [0.2, 0.25) is 0 Å². The molecular formula is C18H28O. The zero-order valence-electron chi connectivity index (χ0n) is 13.1. The van der Waals surface area contributed by atoms with Gasteiger partial charge in [0, 0.05) is 18.3 Å². The Morgan fingerprint density at radius 1 is 0.895 bits per heavy atom. The van der Waals surface area contributed by atoms with Gasteiger partial charge in [-0.2, -0.15) is 0 Å². The summed E-state index contributed by atoms with van der Waals surface area (Å²) in [5.74, 6) is 0.482. The largest absolute Gasteiger partial charge is 0.300 e. The Kier molecular flexibility index (Phi) is 4.32. The maximum absolute atomic E-state index is 12.1. The van der Waals surface area contributed by atoms with Crippen LogP contribution < -0.4 is 0 Å². The second-order valence-corrected chi connectivity index (χ2v) is 5.98. The second kappa shape index (κ2) is 5.64. The number of hydrogen-bond acceptors (Lipinski definition) is 1. The minimum absolute atomic E-state index is 0.134. The molecule has 0 atom stereocenters. The molecule has 0 aliphatic heterocycles. The van der Waals surface area contributed by atoms with Crippen LogP contribution in [-0.4, -0.2) is 5.78 Å². The van der Waals surface area contributed by atoms with Crippen LogP contribution in [0.15, 0.2) is 22.3 Å². The number of rotatable bonds is 4. The van der Waals surface area contributed by atoms with Crippen LogP contribution >= 0.6 is 0 Å². The van der Waals surface area contributed by atoms with Crippen molar-refractivity contribution in [1.29, 1.82) is 0 Å². The molecule has 0 aromatic heterocycles. The van der Waals surface area contributed by atoms with E-state index in [9.17, 15) is 4.79 Å². The number of Topliss-reactive ketones (excluding diaryl/α,β-unsaturated/α-hetero) is 1. The summed E-state index contributed by atoms with van der Waals surface area (Å²) in [4.78, 5) is 12.1. The molecule has 0 aromatic carbocycles. The van der Waals surface area contributed by atoms with Crippen LogP contribution in [0.2, 0.25) is 0 Å². The Morgan fingerprint density at radius 2 is 1.42 bits per heavy atom. The van der Waals surface area contributed by atoms with Crippen molar-refractivity contribution < 1.29 is 4.79 Å². The third kappa shape index (κ3) is 2.11. The van der Waals surface area contributed by atoms with Crippen LogP contribution in [0.5, 0.6) is 0 Å². The van der Waals surface area contributed by atoms with Gasteiger partial charge in [-0.15, -0.1) is 0 Å². The molecule has 106 valence electrons. The van der Waals surface area contributed by atoms with Crippen LogP contribution in [-0.2, 0) is 4.79 Å². The SMILES string of the molecule is CCC1=C(CC)C2(CCCC(=O)C2)C(CC)=C1CC. The molecular weight excluding hydrogens is 232 g/mol. The van der Waals surface area contributed by atoms with Crippen molar-refractivity contribution in [3.63, 3.8) is 0 Å². The first-order valence-electron chi connectivity index (χ1n) is 8.11. The number of carbonyl (C=O) groups excluding carboxylic acids is 1. The molecule has 0 aromatic rings. The van der Waals surface area contributed by atoms with E-state index in [2.05, 4.69) is 27.7 Å². The Balaban J connectivity index is 2.58. The molecule has 19 heavy (non-hydrogen) atoms. The van der Waals surface area contributed by atoms with Crippen molar-refractivity contribution >= 4 is 5.78 Å². The Morgan fingerprint density at radius 3 is 1.79 bits per heavy atom. The third-order valence-corrected chi connectivity index (χ3v) is 5.22. The number of hydrogen-bond donors (Lipinski definition) is 0. The fourth-order valence-corrected chi connectivity index (χ4v) is 4.70. The molecule has 0 saturated heterocycles. The van der Waals surface area contributed by atoms with Gasteiger partial charge >= 0.3 is 0 Å². The zero-order chi connectivity index (χ0) is 14.0. The third-order valence-electron chi connectivity index (χ3n) is 5.22. The molecule has 1 nitrogen and oxygen atoms in total. The summed E-state index contributed by atoms with van der Waals surface area (Å²) in [6.45, 7) is 9.10. The van der Waals surface area contributed by atoms with E-state index < -0.39 is 0 Å². The summed E-state index contributed by atoms with van der Waals surface area (Å²) in [6.07, 6.45) is 8.37. The normalized spacial score (nSPS) is 22.8. The van der Waals surface area contributed by atoms with E-state index in [1.165, 1.54) is 6.42 Å². The van der Waals surface area contributed by atoms with Gasteiger partial charge < -0.3 is 0 Å². The fourth-order valence-electron chi connectivity index (χ4n) is 4.70. The predicted molar refractivity (Wildman–Crippen MR) is 81.1 cm³/mol. The molecule has 0 radical (unpaired) electrons. The molecule has 0 bridgehead atoms. The van der Waals surface area contributed by atoms with Crippen LogP contribution in [0.4, 0.5) is 0 Å². The lowest BCUT2D eigenvalue weighted by atomic mass is 9.64. The van der Waals surface area contributed by atoms with Gasteiger partial charge in [-0.05, 0) is 49.7 Å². The van der Waals surface area contributed by atoms with Gasteiger partial charge in [-0.1, -0.05) is 38.8 Å². The lowest BCUT2D eigenvalue weighted by molar-refractivity contribution is -0.122. The summed E-state index contributed by atoms with van der Waals surface area (Å²) in [5, 5.41) is 0. The molecule has 2 aliphatic rings. The van der Waals surface area contributed by atoms with Crippen molar-refractivity contribution in [2.24, 2.45) is 5.41 Å². The predicted octanol–water partition coefficient (Wildman–Crippen LogP) is 5.36. The van der Waals surface area contributed by atoms with Crippen LogP contribution in [0.3, 0.4) is 0 Å². The smallest absolute Gasteiger partial charge is 0.134 e. The summed E-state index contributed by atoms with van der Waals surface area (Å²) in [6, 6.07) is 0. The average Bonchev–Trinajstić information content (AvgIpc) is 2.66. The van der Waals surface area contributed by atoms with E-state index in [1.807, 2.05) is 0 Å². The molecule has 0 heterocycles. The first-order chi connectivity index (χ1) is 9.14. The van der Waals surface area contributed by atoms with Gasteiger partial charge in [0.1, 0.15) is 5.78 Å². The minimum Gasteiger partial charge on any atom is -0.300 e. The van der Waals surface area contributed by atoms with E-state index in [1.54, 1.807) is 22.3 Å². The average molecular weight is 260 g/mol. The number of ketones is 1. The van der Waals surface area contributed by atoms with Crippen LogP contribution in [0, 0.1) is 5.41 Å². The topological polar surface area (TPSA) is 17.1 Å². The van der Waals surface area contributed by atoms with E-state index >= 15 is 0 Å². The lowest BCUT2D eigenvalue weighted by Crippen LogP contribution is -2.31. The zero-order valence-corrected chi connectivity index (χ0v) is 13.1. The molecule has 2 rings (SSSR count). The van der Waals surface area contributed by atoms with Gasteiger partial charge in [-0.25, -0.2) is 0 Å². The highest BCUT2D eigenvalue weighted by Gasteiger charge is 2.46. The van der Waals surface area contributed by atoms with Crippen molar-refractivity contribution in [1.82, 2.24) is 0 Å². The van der Waals surface area contributed by atoms with Gasteiger partial charge in [0.05, 0.1) is 0 Å². The maximum atomic E-state index is 12.1. The van der Waals surface area contributed by atoms with E-state index in [0.29, 0.717) is 5.78 Å². The molecule has 0 N–H and O–H groups in total. The van der Waals surface area contributed by atoms with Crippen molar-refractivity contribution in [2.45, 2.75) is 79.1 Å². The molecule has 1 fully saturated rings. The van der Waals surface area contributed by atoms with Gasteiger partial charge in [0.15, 0.2) is 0 Å². The monoisotopic (exact) mass is 260 g/mol. The highest BCUT2D eigenvalue weighted by molar-refractivity contribution is 5.82. The van der Waals surface area contributed by atoms with E-state index in [0.717, 1.165) is 44.9 Å². The summed E-state index contributed by atoms with van der Waals surface area (Å²) in [7, 11) is 0. The molecule has 1 saturated carbocycles. The summed E-state index contributed by atoms with van der Waals surface area (Å²) in [5.41, 5.74) is 6.54. The molecule has 1 heteroatoms.